The van der Waals surface area contributed by atoms with Crippen LogP contribution in [0, 0.1) is 11.3 Å². The van der Waals surface area contributed by atoms with Crippen molar-refractivity contribution in [2.45, 2.75) is 0 Å². The van der Waals surface area contributed by atoms with Crippen LogP contribution in [0.4, 0.5) is 5.95 Å². The first kappa shape index (κ1) is 15.3. The van der Waals surface area contributed by atoms with Crippen LogP contribution in [0.15, 0.2) is 59.2 Å². The summed E-state index contributed by atoms with van der Waals surface area (Å²) in [5.41, 5.74) is 7.27. The van der Waals surface area contributed by atoms with Gasteiger partial charge in [0.25, 0.3) is 0 Å². The molecule has 0 aliphatic rings. The molecule has 0 saturated heterocycles. The standard InChI is InChI=1S/C18H14N4O2/c19-12-14-16(15-9-5-10-23-15)21-18(20)22-17(14)24-11-4-8-13-6-2-1-3-7-13/h1-10H,11H2,(H2,20,21,22)/b8-4+. The second-order valence-electron chi connectivity index (χ2n) is 4.82. The van der Waals surface area contributed by atoms with Gasteiger partial charge >= 0.3 is 0 Å². The monoisotopic (exact) mass is 318 g/mol. The minimum Gasteiger partial charge on any atom is -0.472 e. The molecule has 24 heavy (non-hydrogen) atoms. The maximum atomic E-state index is 9.41. The van der Waals surface area contributed by atoms with Crippen LogP contribution in [0.1, 0.15) is 11.1 Å². The third kappa shape index (κ3) is 3.42. The van der Waals surface area contributed by atoms with Crippen molar-refractivity contribution in [3.05, 3.63) is 65.9 Å². The lowest BCUT2D eigenvalue weighted by Crippen LogP contribution is -2.05. The molecule has 0 unspecified atom stereocenters. The summed E-state index contributed by atoms with van der Waals surface area (Å²) in [7, 11) is 0. The molecule has 6 nitrogen and oxygen atoms in total. The predicted molar refractivity (Wildman–Crippen MR) is 89.8 cm³/mol. The van der Waals surface area contributed by atoms with E-state index < -0.39 is 0 Å². The maximum absolute atomic E-state index is 9.41. The van der Waals surface area contributed by atoms with E-state index in [1.807, 2.05) is 48.6 Å². The predicted octanol–water partition coefficient (Wildman–Crippen LogP) is 3.28. The van der Waals surface area contributed by atoms with Crippen LogP contribution in [0.5, 0.6) is 5.88 Å². The Morgan fingerprint density at radius 1 is 1.17 bits per heavy atom. The first-order valence-corrected chi connectivity index (χ1v) is 7.24. The summed E-state index contributed by atoms with van der Waals surface area (Å²) in [5, 5.41) is 9.41. The molecule has 0 spiro atoms. The van der Waals surface area contributed by atoms with Crippen LogP contribution in [-0.2, 0) is 0 Å². The third-order valence-electron chi connectivity index (χ3n) is 3.19. The van der Waals surface area contributed by atoms with Crippen LogP contribution >= 0.6 is 0 Å². The van der Waals surface area contributed by atoms with E-state index in [2.05, 4.69) is 9.97 Å². The summed E-state index contributed by atoms with van der Waals surface area (Å²) in [5.74, 6) is 0.585. The number of hydrogen-bond donors (Lipinski definition) is 1. The van der Waals surface area contributed by atoms with Gasteiger partial charge in [-0.15, -0.1) is 0 Å². The van der Waals surface area contributed by atoms with Crippen molar-refractivity contribution in [2.75, 3.05) is 12.3 Å². The number of nitrogens with zero attached hydrogens (tertiary/aromatic N) is 3. The Kier molecular flexibility index (Phi) is 4.54. The van der Waals surface area contributed by atoms with Gasteiger partial charge in [0.2, 0.25) is 11.8 Å². The Morgan fingerprint density at radius 2 is 2.00 bits per heavy atom. The van der Waals surface area contributed by atoms with Crippen molar-refractivity contribution in [3.63, 3.8) is 0 Å². The fraction of sp³-hybridized carbons (Fsp3) is 0.0556. The fourth-order valence-corrected chi connectivity index (χ4v) is 2.13. The molecule has 0 saturated carbocycles. The molecule has 3 aromatic rings. The summed E-state index contributed by atoms with van der Waals surface area (Å²) in [4.78, 5) is 8.08. The summed E-state index contributed by atoms with van der Waals surface area (Å²) in [6, 6.07) is 15.3. The Bertz CT molecular complexity index is 881. The van der Waals surface area contributed by atoms with Gasteiger partial charge in [0.05, 0.1) is 6.26 Å². The van der Waals surface area contributed by atoms with E-state index in [1.54, 1.807) is 12.1 Å². The van der Waals surface area contributed by atoms with Crippen LogP contribution in [-0.4, -0.2) is 16.6 Å². The van der Waals surface area contributed by atoms with Crippen molar-refractivity contribution in [1.82, 2.24) is 9.97 Å². The zero-order chi connectivity index (χ0) is 16.8. The van der Waals surface area contributed by atoms with Gasteiger partial charge in [0, 0.05) is 0 Å². The Hall–Kier alpha value is -3.59. The number of hydrogen-bond acceptors (Lipinski definition) is 6. The smallest absolute Gasteiger partial charge is 0.237 e. The van der Waals surface area contributed by atoms with Crippen LogP contribution in [0.2, 0.25) is 0 Å². The number of nitriles is 1. The number of aromatic nitrogens is 2. The van der Waals surface area contributed by atoms with Crippen LogP contribution in [0.25, 0.3) is 17.5 Å². The van der Waals surface area contributed by atoms with Gasteiger partial charge in [-0.2, -0.15) is 10.2 Å². The van der Waals surface area contributed by atoms with E-state index in [0.29, 0.717) is 11.5 Å². The topological polar surface area (TPSA) is 98.0 Å². The van der Waals surface area contributed by atoms with E-state index in [4.69, 9.17) is 14.9 Å². The number of anilines is 1. The summed E-state index contributed by atoms with van der Waals surface area (Å²) in [6.45, 7) is 0.248. The SMILES string of the molecule is N#Cc1c(OC/C=C/c2ccccc2)nc(N)nc1-c1ccco1. The Morgan fingerprint density at radius 3 is 2.71 bits per heavy atom. The van der Waals surface area contributed by atoms with Gasteiger partial charge in [0.1, 0.15) is 23.9 Å². The molecule has 0 atom stereocenters. The molecule has 2 heterocycles. The number of benzene rings is 1. The molecular weight excluding hydrogens is 304 g/mol. The zero-order valence-corrected chi connectivity index (χ0v) is 12.7. The zero-order valence-electron chi connectivity index (χ0n) is 12.7. The molecule has 0 amide bonds. The summed E-state index contributed by atoms with van der Waals surface area (Å²) < 4.78 is 10.9. The Labute approximate surface area is 138 Å². The van der Waals surface area contributed by atoms with Crippen molar-refractivity contribution in [3.8, 4) is 23.4 Å². The second kappa shape index (κ2) is 7.11. The first-order valence-electron chi connectivity index (χ1n) is 7.24. The minimum atomic E-state index is 0.0161. The highest BCUT2D eigenvalue weighted by Gasteiger charge is 2.17. The lowest BCUT2D eigenvalue weighted by atomic mass is 10.2. The van der Waals surface area contributed by atoms with Crippen molar-refractivity contribution in [1.29, 1.82) is 5.26 Å². The number of nitrogen functional groups attached to an aromatic ring is 1. The number of furan rings is 1. The lowest BCUT2D eigenvalue weighted by Gasteiger charge is -2.08. The third-order valence-corrected chi connectivity index (χ3v) is 3.19. The molecule has 0 fully saturated rings. The molecular formula is C18H14N4O2. The maximum Gasteiger partial charge on any atom is 0.237 e. The quantitative estimate of drug-likeness (QED) is 0.775. The highest BCUT2D eigenvalue weighted by atomic mass is 16.5. The van der Waals surface area contributed by atoms with E-state index in [1.165, 1.54) is 6.26 Å². The van der Waals surface area contributed by atoms with Crippen LogP contribution < -0.4 is 10.5 Å². The van der Waals surface area contributed by atoms with Gasteiger partial charge in [0.15, 0.2) is 5.76 Å². The molecule has 2 N–H and O–H groups in total. The van der Waals surface area contributed by atoms with Gasteiger partial charge in [-0.3, -0.25) is 0 Å². The molecule has 0 aliphatic carbocycles. The van der Waals surface area contributed by atoms with Crippen molar-refractivity contribution in [2.24, 2.45) is 0 Å². The van der Waals surface area contributed by atoms with Crippen molar-refractivity contribution >= 4 is 12.0 Å². The molecule has 0 radical (unpaired) electrons. The summed E-state index contributed by atoms with van der Waals surface area (Å²) in [6.07, 6.45) is 5.25. The van der Waals surface area contributed by atoms with Gasteiger partial charge in [-0.1, -0.05) is 36.4 Å². The number of rotatable bonds is 5. The van der Waals surface area contributed by atoms with Gasteiger partial charge in [-0.05, 0) is 23.8 Å². The fourth-order valence-electron chi connectivity index (χ4n) is 2.13. The highest BCUT2D eigenvalue weighted by Crippen LogP contribution is 2.28. The van der Waals surface area contributed by atoms with Gasteiger partial charge < -0.3 is 14.9 Å². The van der Waals surface area contributed by atoms with Crippen molar-refractivity contribution < 1.29 is 9.15 Å². The van der Waals surface area contributed by atoms with E-state index in [0.717, 1.165) is 5.56 Å². The minimum absolute atomic E-state index is 0.0161. The number of ether oxygens (including phenoxy) is 1. The Balaban J connectivity index is 1.81. The first-order chi connectivity index (χ1) is 11.8. The molecule has 118 valence electrons. The van der Waals surface area contributed by atoms with E-state index >= 15 is 0 Å². The van der Waals surface area contributed by atoms with E-state index in [-0.39, 0.29) is 24.0 Å². The molecule has 0 bridgehead atoms. The normalized spacial score (nSPS) is 10.6. The molecule has 1 aromatic carbocycles. The summed E-state index contributed by atoms with van der Waals surface area (Å²) >= 11 is 0. The highest BCUT2D eigenvalue weighted by molar-refractivity contribution is 5.66. The van der Waals surface area contributed by atoms with E-state index in [9.17, 15) is 5.26 Å². The molecule has 6 heteroatoms. The van der Waals surface area contributed by atoms with Gasteiger partial charge in [-0.25, -0.2) is 4.98 Å². The average molecular weight is 318 g/mol. The largest absolute Gasteiger partial charge is 0.472 e. The van der Waals surface area contributed by atoms with Crippen LogP contribution in [0.3, 0.4) is 0 Å². The molecule has 2 aromatic heterocycles. The second-order valence-corrected chi connectivity index (χ2v) is 4.82. The molecule has 0 aliphatic heterocycles. The average Bonchev–Trinajstić information content (AvgIpc) is 3.13. The number of nitrogens with two attached hydrogens (primary N) is 1. The molecule has 3 rings (SSSR count). The lowest BCUT2D eigenvalue weighted by molar-refractivity contribution is 0.348.